The van der Waals surface area contributed by atoms with Crippen molar-refractivity contribution in [2.45, 2.75) is 44.7 Å². The zero-order chi connectivity index (χ0) is 25.4. The van der Waals surface area contributed by atoms with Gasteiger partial charge in [-0.2, -0.15) is 0 Å². The molecule has 5 N–H and O–H groups in total. The molecule has 2 fully saturated rings. The Bertz CT molecular complexity index is 1330. The molecule has 2 aromatic heterocycles. The molecule has 0 atom stereocenters. The summed E-state index contributed by atoms with van der Waals surface area (Å²) in [5.41, 5.74) is 9.49. The van der Waals surface area contributed by atoms with Crippen LogP contribution in [0.15, 0.2) is 36.7 Å². The first-order valence-electron chi connectivity index (χ1n) is 12.8. The van der Waals surface area contributed by atoms with Crippen LogP contribution in [-0.2, 0) is 13.0 Å². The molecule has 10 heteroatoms. The molecule has 192 valence electrons. The Hall–Kier alpha value is -3.79. The molecule has 1 spiro atoms. The highest BCUT2D eigenvalue weighted by atomic mass is 19.1. The van der Waals surface area contributed by atoms with Crippen molar-refractivity contribution in [3.8, 4) is 17.0 Å². The molecule has 9 nitrogen and oxygen atoms in total. The monoisotopic (exact) mass is 503 g/mol. The molecule has 1 aliphatic carbocycles. The molecule has 0 bridgehead atoms. The van der Waals surface area contributed by atoms with Crippen molar-refractivity contribution < 1.29 is 13.9 Å². The number of pyridine rings is 1. The molecular weight excluding hydrogens is 473 g/mol. The number of anilines is 2. The van der Waals surface area contributed by atoms with E-state index in [-0.39, 0.29) is 17.9 Å². The van der Waals surface area contributed by atoms with Crippen LogP contribution in [0.2, 0.25) is 0 Å². The van der Waals surface area contributed by atoms with E-state index in [4.69, 9.17) is 10.5 Å². The average Bonchev–Trinajstić information content (AvgIpc) is 3.37. The first-order valence-corrected chi connectivity index (χ1v) is 12.8. The number of rotatable bonds is 6. The third kappa shape index (κ3) is 4.81. The molecule has 1 saturated carbocycles. The van der Waals surface area contributed by atoms with Crippen molar-refractivity contribution in [2.75, 3.05) is 30.7 Å². The van der Waals surface area contributed by atoms with E-state index in [2.05, 4.69) is 30.9 Å². The van der Waals surface area contributed by atoms with Crippen LogP contribution in [0.4, 0.5) is 16.2 Å². The van der Waals surface area contributed by atoms with Crippen molar-refractivity contribution in [3.05, 3.63) is 59.2 Å². The van der Waals surface area contributed by atoms with E-state index in [0.717, 1.165) is 49.9 Å². The number of nitrogens with zero attached hydrogens (tertiary/aromatic N) is 3. The summed E-state index contributed by atoms with van der Waals surface area (Å²) in [6.07, 6.45) is 8.14. The normalized spacial score (nSPS) is 18.1. The molecule has 4 heterocycles. The van der Waals surface area contributed by atoms with Gasteiger partial charge >= 0.3 is 0 Å². The van der Waals surface area contributed by atoms with Crippen LogP contribution in [0.5, 0.6) is 5.75 Å². The molecule has 0 unspecified atom stereocenters. The number of amides is 1. The quantitative estimate of drug-likeness (QED) is 0.404. The van der Waals surface area contributed by atoms with Crippen LogP contribution < -0.4 is 26.4 Å². The summed E-state index contributed by atoms with van der Waals surface area (Å²) in [6.45, 7) is 3.01. The van der Waals surface area contributed by atoms with Crippen LogP contribution in [-0.4, -0.2) is 46.6 Å². The first kappa shape index (κ1) is 23.6. The number of nitrogens with one attached hydrogen (secondary N) is 3. The van der Waals surface area contributed by atoms with Gasteiger partial charge in [0.15, 0.2) is 0 Å². The van der Waals surface area contributed by atoms with Gasteiger partial charge in [-0.1, -0.05) is 0 Å². The van der Waals surface area contributed by atoms with Crippen LogP contribution in [0, 0.1) is 11.2 Å². The SMILES string of the molecule is Nc1nccc(-c2cnc(NCc3cc(F)cc(C(=O)NC4CCC5(CC4)CNC5)c3)c3c2OCC3)n1. The van der Waals surface area contributed by atoms with E-state index in [1.165, 1.54) is 12.1 Å². The maximum atomic E-state index is 14.5. The number of carbonyl (C=O) groups excluding carboxylic acids is 1. The summed E-state index contributed by atoms with van der Waals surface area (Å²) < 4.78 is 20.4. The highest BCUT2D eigenvalue weighted by Gasteiger charge is 2.40. The molecule has 37 heavy (non-hydrogen) atoms. The van der Waals surface area contributed by atoms with Gasteiger partial charge in [-0.25, -0.2) is 19.3 Å². The number of hydrogen-bond acceptors (Lipinski definition) is 8. The molecule has 2 aliphatic heterocycles. The Morgan fingerprint density at radius 2 is 2.05 bits per heavy atom. The van der Waals surface area contributed by atoms with Crippen molar-refractivity contribution in [1.29, 1.82) is 0 Å². The first-order chi connectivity index (χ1) is 18.0. The molecular formula is C27H30FN7O2. The van der Waals surface area contributed by atoms with Crippen molar-refractivity contribution in [1.82, 2.24) is 25.6 Å². The van der Waals surface area contributed by atoms with Crippen molar-refractivity contribution >= 4 is 17.7 Å². The number of hydrogen-bond donors (Lipinski definition) is 4. The third-order valence-corrected chi connectivity index (χ3v) is 7.74. The average molecular weight is 504 g/mol. The molecule has 3 aliphatic rings. The largest absolute Gasteiger partial charge is 0.492 e. The Morgan fingerprint density at radius 3 is 2.81 bits per heavy atom. The lowest BCUT2D eigenvalue weighted by Gasteiger charge is -2.47. The summed E-state index contributed by atoms with van der Waals surface area (Å²) >= 11 is 0. The van der Waals surface area contributed by atoms with Crippen LogP contribution >= 0.6 is 0 Å². The maximum absolute atomic E-state index is 14.5. The van der Waals surface area contributed by atoms with E-state index in [9.17, 15) is 9.18 Å². The zero-order valence-electron chi connectivity index (χ0n) is 20.5. The second-order valence-corrected chi connectivity index (χ2v) is 10.3. The lowest BCUT2D eigenvalue weighted by Crippen LogP contribution is -2.56. The highest BCUT2D eigenvalue weighted by molar-refractivity contribution is 5.94. The lowest BCUT2D eigenvalue weighted by atomic mass is 9.68. The van der Waals surface area contributed by atoms with E-state index in [1.807, 2.05) is 0 Å². The Labute approximate surface area is 214 Å². The molecule has 1 amide bonds. The molecule has 1 aromatic carbocycles. The standard InChI is InChI=1S/C27H30FN7O2/c28-18-10-16(9-17(11-18)25(36)34-19-1-5-27(6-2-19)14-30-15-27)12-32-24-20-4-8-37-23(20)21(13-33-24)22-3-7-31-26(29)35-22/h3,7,9-11,13,19,30H,1-2,4-6,8,12,14-15H2,(H,32,33)(H,34,36)(H2,29,31,35). The summed E-state index contributed by atoms with van der Waals surface area (Å²) in [4.78, 5) is 25.7. The van der Waals surface area contributed by atoms with Crippen molar-refractivity contribution in [2.24, 2.45) is 5.41 Å². The molecule has 3 aromatic rings. The van der Waals surface area contributed by atoms with Gasteiger partial charge in [0, 0.05) is 55.6 Å². The lowest BCUT2D eigenvalue weighted by molar-refractivity contribution is 0.0780. The second-order valence-electron chi connectivity index (χ2n) is 10.3. The smallest absolute Gasteiger partial charge is 0.251 e. The summed E-state index contributed by atoms with van der Waals surface area (Å²) in [6, 6.07) is 6.37. The number of halogens is 1. The summed E-state index contributed by atoms with van der Waals surface area (Å²) in [5, 5.41) is 9.77. The fourth-order valence-electron chi connectivity index (χ4n) is 5.59. The highest BCUT2D eigenvalue weighted by Crippen LogP contribution is 2.40. The van der Waals surface area contributed by atoms with Gasteiger partial charge in [0.1, 0.15) is 17.4 Å². The summed E-state index contributed by atoms with van der Waals surface area (Å²) in [7, 11) is 0. The number of benzene rings is 1. The molecule has 0 radical (unpaired) electrons. The number of ether oxygens (including phenoxy) is 1. The van der Waals surface area contributed by atoms with Gasteiger partial charge in [0.2, 0.25) is 5.95 Å². The van der Waals surface area contributed by atoms with Gasteiger partial charge in [-0.15, -0.1) is 0 Å². The minimum Gasteiger partial charge on any atom is -0.492 e. The van der Waals surface area contributed by atoms with E-state index < -0.39 is 5.82 Å². The van der Waals surface area contributed by atoms with Crippen LogP contribution in [0.25, 0.3) is 11.3 Å². The minimum atomic E-state index is -0.439. The zero-order valence-corrected chi connectivity index (χ0v) is 20.5. The minimum absolute atomic E-state index is 0.138. The Kier molecular flexibility index (Phi) is 6.11. The third-order valence-electron chi connectivity index (χ3n) is 7.74. The number of aromatic nitrogens is 3. The molecule has 6 rings (SSSR count). The van der Waals surface area contributed by atoms with Crippen LogP contribution in [0.3, 0.4) is 0 Å². The van der Waals surface area contributed by atoms with E-state index in [1.54, 1.807) is 24.5 Å². The topological polar surface area (TPSA) is 127 Å². The fourth-order valence-corrected chi connectivity index (χ4v) is 5.59. The predicted octanol–water partition coefficient (Wildman–Crippen LogP) is 3.07. The Balaban J connectivity index is 1.14. The van der Waals surface area contributed by atoms with Gasteiger partial charge in [0.05, 0.1) is 17.9 Å². The van der Waals surface area contributed by atoms with Gasteiger partial charge in [0.25, 0.3) is 5.91 Å². The fraction of sp³-hybridized carbons (Fsp3) is 0.407. The molecule has 1 saturated heterocycles. The van der Waals surface area contributed by atoms with Gasteiger partial charge in [-0.05, 0) is 60.9 Å². The van der Waals surface area contributed by atoms with Crippen LogP contribution in [0.1, 0.15) is 47.2 Å². The van der Waals surface area contributed by atoms with Gasteiger partial charge in [-0.3, -0.25) is 4.79 Å². The van der Waals surface area contributed by atoms with Gasteiger partial charge < -0.3 is 26.4 Å². The predicted molar refractivity (Wildman–Crippen MR) is 138 cm³/mol. The second kappa shape index (κ2) is 9.59. The number of nitrogens with two attached hydrogens (primary N) is 1. The number of nitrogen functional groups attached to an aromatic ring is 1. The van der Waals surface area contributed by atoms with E-state index in [0.29, 0.717) is 53.4 Å². The number of fused-ring (bicyclic) bond motifs is 1. The van der Waals surface area contributed by atoms with Crippen molar-refractivity contribution in [3.63, 3.8) is 0 Å². The Morgan fingerprint density at radius 1 is 1.22 bits per heavy atom. The summed E-state index contributed by atoms with van der Waals surface area (Å²) in [5.74, 6) is 0.887. The number of carbonyl (C=O) groups is 1. The van der Waals surface area contributed by atoms with E-state index >= 15 is 0 Å². The maximum Gasteiger partial charge on any atom is 0.251 e.